The summed E-state index contributed by atoms with van der Waals surface area (Å²) in [5.74, 6) is 1.40. The van der Waals surface area contributed by atoms with Gasteiger partial charge in [0.2, 0.25) is 0 Å². The smallest absolute Gasteiger partial charge is 0.162 e. The second kappa shape index (κ2) is 4.49. The third kappa shape index (κ3) is 1.99. The first kappa shape index (κ1) is 10.9. The van der Waals surface area contributed by atoms with Gasteiger partial charge in [-0.2, -0.15) is 0 Å². The van der Waals surface area contributed by atoms with Crippen molar-refractivity contribution in [1.29, 1.82) is 0 Å². The highest BCUT2D eigenvalue weighted by Crippen LogP contribution is 2.29. The Morgan fingerprint density at radius 2 is 1.94 bits per heavy atom. The van der Waals surface area contributed by atoms with Crippen molar-refractivity contribution >= 4 is 12.6 Å². The van der Waals surface area contributed by atoms with E-state index in [9.17, 15) is 0 Å². The Labute approximate surface area is 99.2 Å². The summed E-state index contributed by atoms with van der Waals surface area (Å²) in [6.45, 7) is 0. The van der Waals surface area contributed by atoms with Crippen LogP contribution in [0.15, 0.2) is 35.7 Å². The van der Waals surface area contributed by atoms with E-state index in [2.05, 4.69) is 17.6 Å². The van der Waals surface area contributed by atoms with Gasteiger partial charge < -0.3 is 14.0 Å². The van der Waals surface area contributed by atoms with Crippen molar-refractivity contribution in [1.82, 2.24) is 9.55 Å². The molecule has 0 aliphatic carbocycles. The first-order valence-corrected chi connectivity index (χ1v) is 5.14. The number of imidazole rings is 1. The fourth-order valence-electron chi connectivity index (χ4n) is 1.44. The van der Waals surface area contributed by atoms with Crippen LogP contribution >= 0.6 is 12.6 Å². The Morgan fingerprint density at radius 1 is 1.19 bits per heavy atom. The van der Waals surface area contributed by atoms with Crippen LogP contribution in [0.3, 0.4) is 0 Å². The molecule has 0 unspecified atom stereocenters. The molecule has 1 heterocycles. The molecule has 2 aromatic rings. The lowest BCUT2D eigenvalue weighted by Crippen LogP contribution is -1.94. The molecule has 0 saturated carbocycles. The second-order valence-corrected chi connectivity index (χ2v) is 3.64. The highest BCUT2D eigenvalue weighted by Gasteiger charge is 2.05. The molecule has 2 rings (SSSR count). The van der Waals surface area contributed by atoms with Gasteiger partial charge in [-0.1, -0.05) is 0 Å². The first-order valence-electron chi connectivity index (χ1n) is 4.70. The maximum absolute atomic E-state index is 5.23. The molecule has 0 bridgehead atoms. The van der Waals surface area contributed by atoms with Crippen LogP contribution in [0.25, 0.3) is 5.69 Å². The number of hydrogen-bond acceptors (Lipinski definition) is 4. The van der Waals surface area contributed by atoms with Crippen LogP contribution in [0.2, 0.25) is 0 Å². The normalized spacial score (nSPS) is 10.2. The largest absolute Gasteiger partial charge is 0.493 e. The molecule has 16 heavy (non-hydrogen) atoms. The number of aromatic nitrogens is 2. The van der Waals surface area contributed by atoms with E-state index in [0.29, 0.717) is 16.5 Å². The van der Waals surface area contributed by atoms with Crippen LogP contribution in [-0.4, -0.2) is 23.8 Å². The van der Waals surface area contributed by atoms with Gasteiger partial charge in [0.25, 0.3) is 0 Å². The Bertz CT molecular complexity index is 496. The van der Waals surface area contributed by atoms with Crippen molar-refractivity contribution in [3.8, 4) is 17.2 Å². The van der Waals surface area contributed by atoms with Crippen molar-refractivity contribution in [2.45, 2.75) is 5.03 Å². The minimum Gasteiger partial charge on any atom is -0.493 e. The molecule has 0 radical (unpaired) electrons. The molecule has 0 N–H and O–H groups in total. The highest BCUT2D eigenvalue weighted by atomic mass is 32.1. The van der Waals surface area contributed by atoms with Crippen LogP contribution in [0.1, 0.15) is 0 Å². The molecule has 4 nitrogen and oxygen atoms in total. The third-order valence-corrected chi connectivity index (χ3v) is 2.47. The monoisotopic (exact) mass is 236 g/mol. The van der Waals surface area contributed by atoms with Crippen LogP contribution in [-0.2, 0) is 0 Å². The fourth-order valence-corrected chi connectivity index (χ4v) is 1.62. The van der Waals surface area contributed by atoms with Gasteiger partial charge in [0.05, 0.1) is 19.9 Å². The van der Waals surface area contributed by atoms with E-state index >= 15 is 0 Å². The average molecular weight is 236 g/mol. The van der Waals surface area contributed by atoms with Crippen molar-refractivity contribution in [3.05, 3.63) is 30.7 Å². The van der Waals surface area contributed by atoms with E-state index in [1.807, 2.05) is 29.0 Å². The fraction of sp³-hybridized carbons (Fsp3) is 0.182. The van der Waals surface area contributed by atoms with Gasteiger partial charge in [0.15, 0.2) is 11.5 Å². The zero-order valence-electron chi connectivity index (χ0n) is 9.04. The minimum atomic E-state index is 0.676. The van der Waals surface area contributed by atoms with Gasteiger partial charge in [-0.3, -0.25) is 0 Å². The van der Waals surface area contributed by atoms with Crippen molar-refractivity contribution < 1.29 is 9.47 Å². The Kier molecular flexibility index (Phi) is 3.05. The standard InChI is InChI=1S/C11H12N2O2S/c1-14-9-4-3-8(5-10(9)15-2)13-6-11(16)12-7-13/h3-7,16H,1-2H3. The SMILES string of the molecule is COc1ccc(-n2cnc(S)c2)cc1OC. The molecule has 0 amide bonds. The van der Waals surface area contributed by atoms with Crippen molar-refractivity contribution in [3.63, 3.8) is 0 Å². The Hall–Kier alpha value is -1.62. The molecule has 5 heteroatoms. The maximum Gasteiger partial charge on any atom is 0.162 e. The van der Waals surface area contributed by atoms with Crippen LogP contribution in [0.5, 0.6) is 11.5 Å². The average Bonchev–Trinajstić information content (AvgIpc) is 2.75. The number of benzene rings is 1. The zero-order valence-corrected chi connectivity index (χ0v) is 9.94. The zero-order chi connectivity index (χ0) is 11.5. The van der Waals surface area contributed by atoms with Crippen molar-refractivity contribution in [2.75, 3.05) is 14.2 Å². The molecule has 84 valence electrons. The van der Waals surface area contributed by atoms with Crippen molar-refractivity contribution in [2.24, 2.45) is 0 Å². The van der Waals surface area contributed by atoms with Gasteiger partial charge in [-0.25, -0.2) is 4.98 Å². The van der Waals surface area contributed by atoms with E-state index in [-0.39, 0.29) is 0 Å². The summed E-state index contributed by atoms with van der Waals surface area (Å²) in [6, 6.07) is 5.66. The first-order chi connectivity index (χ1) is 7.74. The molecular weight excluding hydrogens is 224 g/mol. The quantitative estimate of drug-likeness (QED) is 0.830. The van der Waals surface area contributed by atoms with E-state index in [0.717, 1.165) is 5.69 Å². The molecule has 0 spiro atoms. The number of rotatable bonds is 3. The molecule has 0 atom stereocenters. The molecule has 0 aliphatic rings. The number of nitrogens with zero attached hydrogens (tertiary/aromatic N) is 2. The summed E-state index contributed by atoms with van der Waals surface area (Å²) in [4.78, 5) is 4.05. The highest BCUT2D eigenvalue weighted by molar-refractivity contribution is 7.80. The van der Waals surface area contributed by atoms with Gasteiger partial charge in [-0.05, 0) is 12.1 Å². The summed E-state index contributed by atoms with van der Waals surface area (Å²) < 4.78 is 12.3. The molecule has 0 aliphatic heterocycles. The number of ether oxygens (including phenoxy) is 2. The van der Waals surface area contributed by atoms with E-state index in [1.165, 1.54) is 0 Å². The van der Waals surface area contributed by atoms with E-state index < -0.39 is 0 Å². The molecular formula is C11H12N2O2S. The molecule has 0 fully saturated rings. The summed E-state index contributed by atoms with van der Waals surface area (Å²) in [6.07, 6.45) is 3.52. The van der Waals surface area contributed by atoms with Crippen LogP contribution in [0, 0.1) is 0 Å². The van der Waals surface area contributed by atoms with Gasteiger partial charge in [0.1, 0.15) is 11.4 Å². The number of thiol groups is 1. The molecule has 1 aromatic heterocycles. The maximum atomic E-state index is 5.23. The van der Waals surface area contributed by atoms with Gasteiger partial charge in [0, 0.05) is 12.3 Å². The minimum absolute atomic E-state index is 0.676. The molecule has 1 aromatic carbocycles. The van der Waals surface area contributed by atoms with Gasteiger partial charge in [-0.15, -0.1) is 12.6 Å². The van der Waals surface area contributed by atoms with Crippen LogP contribution < -0.4 is 9.47 Å². The predicted octanol–water partition coefficient (Wildman–Crippen LogP) is 2.18. The summed E-state index contributed by atoms with van der Waals surface area (Å²) in [5.41, 5.74) is 0.949. The summed E-state index contributed by atoms with van der Waals surface area (Å²) in [7, 11) is 3.22. The summed E-state index contributed by atoms with van der Waals surface area (Å²) >= 11 is 4.16. The lowest BCUT2D eigenvalue weighted by molar-refractivity contribution is 0.355. The topological polar surface area (TPSA) is 36.3 Å². The second-order valence-electron chi connectivity index (χ2n) is 3.18. The Balaban J connectivity index is 2.43. The molecule has 0 saturated heterocycles. The Morgan fingerprint density at radius 3 is 2.50 bits per heavy atom. The van der Waals surface area contributed by atoms with Crippen LogP contribution in [0.4, 0.5) is 0 Å². The van der Waals surface area contributed by atoms with E-state index in [1.54, 1.807) is 20.5 Å². The predicted molar refractivity (Wildman–Crippen MR) is 63.9 cm³/mol. The lowest BCUT2D eigenvalue weighted by Gasteiger charge is -2.09. The van der Waals surface area contributed by atoms with Gasteiger partial charge >= 0.3 is 0 Å². The lowest BCUT2D eigenvalue weighted by atomic mass is 10.2. The van der Waals surface area contributed by atoms with E-state index in [4.69, 9.17) is 9.47 Å². The third-order valence-electron chi connectivity index (χ3n) is 2.23. The number of hydrogen-bond donors (Lipinski definition) is 1. The summed E-state index contributed by atoms with van der Waals surface area (Å²) in [5, 5.41) is 0.676. The number of methoxy groups -OCH3 is 2.